The van der Waals surface area contributed by atoms with E-state index in [1.54, 1.807) is 14.0 Å². The van der Waals surface area contributed by atoms with Gasteiger partial charge in [-0.2, -0.15) is 0 Å². The Morgan fingerprint density at radius 1 is 1.32 bits per heavy atom. The van der Waals surface area contributed by atoms with Gasteiger partial charge < -0.3 is 25.4 Å². The van der Waals surface area contributed by atoms with Gasteiger partial charge in [-0.05, 0) is 27.2 Å². The maximum absolute atomic E-state index is 11.3. The molecular formula is C13H25N3O6. The number of amidine groups is 1. The normalized spacial score (nSPS) is 13.0. The lowest BCUT2D eigenvalue weighted by Gasteiger charge is -2.14. The second-order valence-corrected chi connectivity index (χ2v) is 4.11. The number of nitrogens with one attached hydrogen (secondary N) is 1. The molecule has 128 valence electrons. The predicted octanol–water partition coefficient (Wildman–Crippen LogP) is 0.567. The summed E-state index contributed by atoms with van der Waals surface area (Å²) in [6, 6.07) is -0.968. The van der Waals surface area contributed by atoms with Crippen LogP contribution in [0.25, 0.3) is 0 Å². The lowest BCUT2D eigenvalue weighted by atomic mass is 10.3. The number of hydrogen-bond acceptors (Lipinski definition) is 7. The lowest BCUT2D eigenvalue weighted by Crippen LogP contribution is -2.40. The van der Waals surface area contributed by atoms with Gasteiger partial charge in [-0.1, -0.05) is 12.1 Å². The molecule has 0 aromatic heterocycles. The van der Waals surface area contributed by atoms with Crippen molar-refractivity contribution in [3.63, 3.8) is 0 Å². The van der Waals surface area contributed by atoms with Gasteiger partial charge in [-0.25, -0.2) is 9.59 Å². The molecule has 1 amide bonds. The van der Waals surface area contributed by atoms with Gasteiger partial charge in [0.25, 0.3) is 0 Å². The standard InChI is InChI=1S/C10H17N3O5.C3H8O/c1-4-6(2)17-10(16)12-7(3)9(15)18-13-8(11)5-14;1-3-4-2/h5-7H,4H2,1-3H3,(H2,11,13)(H,12,16);3H2,1-2H3. The van der Waals surface area contributed by atoms with Crippen molar-refractivity contribution in [3.05, 3.63) is 0 Å². The zero-order valence-corrected chi connectivity index (χ0v) is 13.6. The van der Waals surface area contributed by atoms with E-state index < -0.39 is 23.9 Å². The van der Waals surface area contributed by atoms with Crippen LogP contribution in [0, 0.1) is 0 Å². The van der Waals surface area contributed by atoms with Crippen molar-refractivity contribution in [3.8, 4) is 0 Å². The highest BCUT2D eigenvalue weighted by molar-refractivity contribution is 6.26. The van der Waals surface area contributed by atoms with Crippen LogP contribution in [0.2, 0.25) is 0 Å². The Balaban J connectivity index is 0. The second kappa shape index (κ2) is 13.8. The molecule has 0 fully saturated rings. The number of oxime groups is 1. The summed E-state index contributed by atoms with van der Waals surface area (Å²) in [5.74, 6) is -1.33. The van der Waals surface area contributed by atoms with Crippen LogP contribution in [0.4, 0.5) is 4.79 Å². The Morgan fingerprint density at radius 2 is 1.86 bits per heavy atom. The molecule has 9 nitrogen and oxygen atoms in total. The number of carbonyl (C=O) groups excluding carboxylic acids is 3. The highest BCUT2D eigenvalue weighted by atomic mass is 16.7. The Labute approximate surface area is 130 Å². The summed E-state index contributed by atoms with van der Waals surface area (Å²) >= 11 is 0. The molecule has 0 bridgehead atoms. The summed E-state index contributed by atoms with van der Waals surface area (Å²) in [4.78, 5) is 36.9. The second-order valence-electron chi connectivity index (χ2n) is 4.11. The number of ether oxygens (including phenoxy) is 2. The number of nitrogens with zero attached hydrogens (tertiary/aromatic N) is 1. The number of methoxy groups -OCH3 is 1. The molecule has 0 heterocycles. The van der Waals surface area contributed by atoms with Crippen LogP contribution in [0.5, 0.6) is 0 Å². The summed E-state index contributed by atoms with van der Waals surface area (Å²) < 4.78 is 9.43. The van der Waals surface area contributed by atoms with E-state index in [4.69, 9.17) is 10.5 Å². The van der Waals surface area contributed by atoms with Gasteiger partial charge in [0.2, 0.25) is 5.84 Å². The zero-order chi connectivity index (χ0) is 17.5. The zero-order valence-electron chi connectivity index (χ0n) is 13.6. The first-order valence-electron chi connectivity index (χ1n) is 6.77. The third-order valence-electron chi connectivity index (χ3n) is 2.22. The Morgan fingerprint density at radius 3 is 2.27 bits per heavy atom. The molecule has 2 unspecified atom stereocenters. The summed E-state index contributed by atoms with van der Waals surface area (Å²) in [5.41, 5.74) is 5.00. The summed E-state index contributed by atoms with van der Waals surface area (Å²) in [5, 5.41) is 5.29. The van der Waals surface area contributed by atoms with E-state index >= 15 is 0 Å². The molecule has 0 radical (unpaired) electrons. The highest BCUT2D eigenvalue weighted by Gasteiger charge is 2.19. The SMILES string of the molecule is CCC(C)OC(=O)NC(C)C(=O)O/N=C(\N)C=O.CCOC. The predicted molar refractivity (Wildman–Crippen MR) is 80.2 cm³/mol. The molecule has 0 saturated heterocycles. The first kappa shape index (κ1) is 22.1. The smallest absolute Gasteiger partial charge is 0.408 e. The molecule has 9 heteroatoms. The Hall–Kier alpha value is -2.16. The average Bonchev–Trinajstić information content (AvgIpc) is 2.51. The molecule has 0 rings (SSSR count). The van der Waals surface area contributed by atoms with Crippen molar-refractivity contribution < 1.29 is 28.7 Å². The fourth-order valence-corrected chi connectivity index (χ4v) is 0.734. The van der Waals surface area contributed by atoms with E-state index in [0.29, 0.717) is 6.42 Å². The first-order chi connectivity index (χ1) is 10.3. The third kappa shape index (κ3) is 12.9. The van der Waals surface area contributed by atoms with E-state index in [2.05, 4.69) is 20.0 Å². The van der Waals surface area contributed by atoms with Crippen molar-refractivity contribution in [1.29, 1.82) is 0 Å². The quantitative estimate of drug-likeness (QED) is 0.231. The van der Waals surface area contributed by atoms with Gasteiger partial charge in [-0.3, -0.25) is 4.79 Å². The largest absolute Gasteiger partial charge is 0.447 e. The summed E-state index contributed by atoms with van der Waals surface area (Å²) in [7, 11) is 1.68. The molecule has 0 aliphatic carbocycles. The van der Waals surface area contributed by atoms with Crippen molar-refractivity contribution in [2.75, 3.05) is 13.7 Å². The van der Waals surface area contributed by atoms with E-state index in [9.17, 15) is 14.4 Å². The minimum absolute atomic E-state index is 0.225. The molecule has 0 aliphatic rings. The fourth-order valence-electron chi connectivity index (χ4n) is 0.734. The van der Waals surface area contributed by atoms with Crippen LogP contribution in [0.15, 0.2) is 5.16 Å². The lowest BCUT2D eigenvalue weighted by molar-refractivity contribution is -0.145. The van der Waals surface area contributed by atoms with Crippen LogP contribution >= 0.6 is 0 Å². The minimum Gasteiger partial charge on any atom is -0.447 e. The van der Waals surface area contributed by atoms with E-state index in [1.165, 1.54) is 6.92 Å². The van der Waals surface area contributed by atoms with Crippen molar-refractivity contribution >= 4 is 24.2 Å². The molecule has 0 saturated carbocycles. The molecule has 3 N–H and O–H groups in total. The van der Waals surface area contributed by atoms with Crippen molar-refractivity contribution in [2.24, 2.45) is 10.9 Å². The monoisotopic (exact) mass is 319 g/mol. The van der Waals surface area contributed by atoms with Crippen molar-refractivity contribution in [1.82, 2.24) is 5.32 Å². The van der Waals surface area contributed by atoms with Gasteiger partial charge in [0.05, 0.1) is 0 Å². The van der Waals surface area contributed by atoms with Gasteiger partial charge in [-0.15, -0.1) is 0 Å². The average molecular weight is 319 g/mol. The maximum atomic E-state index is 11.3. The van der Waals surface area contributed by atoms with Gasteiger partial charge in [0.15, 0.2) is 6.29 Å². The van der Waals surface area contributed by atoms with E-state index in [-0.39, 0.29) is 12.4 Å². The molecule has 0 spiro atoms. The molecule has 0 aromatic carbocycles. The molecule has 2 atom stereocenters. The first-order valence-corrected chi connectivity index (χ1v) is 6.77. The molecule has 22 heavy (non-hydrogen) atoms. The van der Waals surface area contributed by atoms with Crippen LogP contribution < -0.4 is 11.1 Å². The number of carbonyl (C=O) groups is 3. The van der Waals surface area contributed by atoms with Gasteiger partial charge in [0.1, 0.15) is 12.1 Å². The van der Waals surface area contributed by atoms with Crippen LogP contribution in [0.1, 0.15) is 34.1 Å². The number of hydrogen-bond donors (Lipinski definition) is 2. The van der Waals surface area contributed by atoms with Gasteiger partial charge in [0, 0.05) is 13.7 Å². The molecular weight excluding hydrogens is 294 g/mol. The number of alkyl carbamates (subject to hydrolysis) is 1. The number of aldehydes is 1. The third-order valence-corrected chi connectivity index (χ3v) is 2.22. The van der Waals surface area contributed by atoms with Crippen LogP contribution in [0.3, 0.4) is 0 Å². The molecule has 0 aliphatic heterocycles. The maximum Gasteiger partial charge on any atom is 0.408 e. The fraction of sp³-hybridized carbons (Fsp3) is 0.692. The number of nitrogens with two attached hydrogens (primary N) is 1. The number of rotatable bonds is 7. The Bertz CT molecular complexity index is 371. The van der Waals surface area contributed by atoms with E-state index in [1.807, 2.05) is 13.8 Å². The van der Waals surface area contributed by atoms with E-state index in [0.717, 1.165) is 6.61 Å². The Kier molecular flexibility index (Phi) is 13.9. The topological polar surface area (TPSA) is 129 Å². The van der Waals surface area contributed by atoms with Gasteiger partial charge >= 0.3 is 12.1 Å². The highest BCUT2D eigenvalue weighted by Crippen LogP contribution is 1.97. The summed E-state index contributed by atoms with van der Waals surface area (Å²) in [6.07, 6.45) is -0.104. The molecule has 0 aromatic rings. The minimum atomic E-state index is -0.968. The van der Waals surface area contributed by atoms with Crippen molar-refractivity contribution in [2.45, 2.75) is 46.3 Å². The van der Waals surface area contributed by atoms with Crippen LogP contribution in [-0.4, -0.2) is 50.0 Å². The number of amides is 1. The van der Waals surface area contributed by atoms with Crippen LogP contribution in [-0.2, 0) is 23.9 Å². The summed E-state index contributed by atoms with van der Waals surface area (Å²) in [6.45, 7) is 7.73.